The van der Waals surface area contributed by atoms with E-state index in [4.69, 9.17) is 9.47 Å². The summed E-state index contributed by atoms with van der Waals surface area (Å²) in [5.74, 6) is -0.227. The lowest BCUT2D eigenvalue weighted by Crippen LogP contribution is -3.12. The van der Waals surface area contributed by atoms with E-state index in [9.17, 15) is 14.7 Å². The Bertz CT molecular complexity index is 740. The molecule has 1 aromatic rings. The zero-order chi connectivity index (χ0) is 20.1. The summed E-state index contributed by atoms with van der Waals surface area (Å²) in [6.07, 6.45) is 0. The number of ether oxygens (including phenoxy) is 2. The van der Waals surface area contributed by atoms with Crippen molar-refractivity contribution in [3.63, 3.8) is 0 Å². The average molecular weight is 377 g/mol. The number of hydrogen-bond donors (Lipinski definition) is 2. The van der Waals surface area contributed by atoms with E-state index in [2.05, 4.69) is 13.8 Å². The van der Waals surface area contributed by atoms with E-state index in [1.165, 1.54) is 18.9 Å². The number of hydrogen-bond acceptors (Lipinski definition) is 5. The first-order chi connectivity index (χ1) is 12.9. The van der Waals surface area contributed by atoms with Crippen molar-refractivity contribution in [1.29, 1.82) is 0 Å². The van der Waals surface area contributed by atoms with Gasteiger partial charge in [0.2, 0.25) is 0 Å². The van der Waals surface area contributed by atoms with E-state index in [0.717, 1.165) is 19.6 Å². The van der Waals surface area contributed by atoms with Crippen LogP contribution >= 0.6 is 0 Å². The lowest BCUT2D eigenvalue weighted by Gasteiger charge is -2.28. The third-order valence-electron chi connectivity index (χ3n) is 5.11. The number of nitrogens with one attached hydrogen (secondary N) is 1. The van der Waals surface area contributed by atoms with E-state index in [1.54, 1.807) is 30.2 Å². The molecular formula is C20H29N2O5+. The second-order valence-corrected chi connectivity index (χ2v) is 6.54. The molecular weight excluding hydrogens is 348 g/mol. The Hall–Kier alpha value is -2.54. The van der Waals surface area contributed by atoms with Crippen molar-refractivity contribution in [2.45, 2.75) is 26.8 Å². The number of carbonyl (C=O) groups excluding carboxylic acids is 2. The van der Waals surface area contributed by atoms with Gasteiger partial charge in [0.1, 0.15) is 0 Å². The molecule has 7 heteroatoms. The maximum absolute atomic E-state index is 12.7. The molecule has 1 heterocycles. The number of aliphatic hydroxyl groups is 1. The van der Waals surface area contributed by atoms with Gasteiger partial charge in [0, 0.05) is 0 Å². The molecule has 2 N–H and O–H groups in total. The van der Waals surface area contributed by atoms with Gasteiger partial charge in [-0.2, -0.15) is 0 Å². The fraction of sp³-hybridized carbons (Fsp3) is 0.500. The Balaban J connectivity index is 2.45. The van der Waals surface area contributed by atoms with Gasteiger partial charge in [-0.1, -0.05) is 6.07 Å². The van der Waals surface area contributed by atoms with Crippen LogP contribution in [0, 0.1) is 0 Å². The molecule has 1 atom stereocenters. The number of amides is 1. The van der Waals surface area contributed by atoms with Gasteiger partial charge in [-0.05, 0) is 38.5 Å². The Kier molecular flexibility index (Phi) is 6.85. The summed E-state index contributed by atoms with van der Waals surface area (Å²) in [6.45, 7) is 8.61. The Morgan fingerprint density at radius 2 is 1.81 bits per heavy atom. The van der Waals surface area contributed by atoms with Crippen LogP contribution in [-0.2, 0) is 9.59 Å². The highest BCUT2D eigenvalue weighted by atomic mass is 16.5. The molecule has 0 fully saturated rings. The van der Waals surface area contributed by atoms with Crippen LogP contribution in [0.5, 0.6) is 11.5 Å². The van der Waals surface area contributed by atoms with Gasteiger partial charge < -0.3 is 24.4 Å². The van der Waals surface area contributed by atoms with Gasteiger partial charge in [0.15, 0.2) is 23.0 Å². The number of likely N-dealkylation sites (N-methyl/N-ethyl adjacent to an activating group) is 1. The second kappa shape index (κ2) is 8.90. The molecule has 0 aliphatic carbocycles. The largest absolute Gasteiger partial charge is 0.503 e. The van der Waals surface area contributed by atoms with Crippen molar-refractivity contribution in [3.8, 4) is 11.5 Å². The normalized spacial score (nSPS) is 17.0. The van der Waals surface area contributed by atoms with E-state index in [1.807, 2.05) is 0 Å². The van der Waals surface area contributed by atoms with Crippen LogP contribution in [0.25, 0.3) is 0 Å². The zero-order valence-corrected chi connectivity index (χ0v) is 16.7. The molecule has 0 bridgehead atoms. The number of methoxy groups -OCH3 is 2. The highest BCUT2D eigenvalue weighted by Gasteiger charge is 2.42. The first kappa shape index (κ1) is 20.8. The summed E-state index contributed by atoms with van der Waals surface area (Å²) >= 11 is 0. The third kappa shape index (κ3) is 4.08. The minimum atomic E-state index is -0.634. The molecule has 0 aromatic heterocycles. The van der Waals surface area contributed by atoms with Gasteiger partial charge in [0.25, 0.3) is 5.91 Å². The highest BCUT2D eigenvalue weighted by molar-refractivity contribution is 6.08. The lowest BCUT2D eigenvalue weighted by atomic mass is 9.96. The van der Waals surface area contributed by atoms with Crippen LogP contribution in [0.15, 0.2) is 29.5 Å². The van der Waals surface area contributed by atoms with Crippen LogP contribution in [0.2, 0.25) is 0 Å². The number of rotatable bonds is 9. The highest BCUT2D eigenvalue weighted by Crippen LogP contribution is 2.40. The standard InChI is InChI=1S/C20H28N2O5/c1-6-21(7-2)10-11-22-18(17(13(3)23)19(24)20(22)25)14-8-9-15(26-4)16(12-14)27-5/h8-9,12,18,24H,6-7,10-11H2,1-5H3/p+1/t18-/m1/s1. The molecule has 0 saturated heterocycles. The first-order valence-corrected chi connectivity index (χ1v) is 9.19. The van der Waals surface area contributed by atoms with Gasteiger partial charge in [-0.25, -0.2) is 0 Å². The van der Waals surface area contributed by atoms with Gasteiger partial charge >= 0.3 is 0 Å². The summed E-state index contributed by atoms with van der Waals surface area (Å²) in [4.78, 5) is 27.8. The number of quaternary nitrogens is 1. The van der Waals surface area contributed by atoms with E-state index < -0.39 is 17.7 Å². The minimum absolute atomic E-state index is 0.127. The van der Waals surface area contributed by atoms with E-state index in [-0.39, 0.29) is 11.4 Å². The molecule has 1 aliphatic rings. The molecule has 0 radical (unpaired) electrons. The van der Waals surface area contributed by atoms with E-state index >= 15 is 0 Å². The molecule has 0 spiro atoms. The number of ketones is 1. The number of aliphatic hydroxyl groups excluding tert-OH is 1. The van der Waals surface area contributed by atoms with Crippen LogP contribution in [-0.4, -0.2) is 62.1 Å². The lowest BCUT2D eigenvalue weighted by molar-refractivity contribution is -0.895. The van der Waals surface area contributed by atoms with E-state index in [0.29, 0.717) is 23.6 Å². The molecule has 1 aliphatic heterocycles. The molecule has 0 saturated carbocycles. The van der Waals surface area contributed by atoms with Crippen LogP contribution in [0.4, 0.5) is 0 Å². The summed E-state index contributed by atoms with van der Waals surface area (Å²) < 4.78 is 10.6. The fourth-order valence-corrected chi connectivity index (χ4v) is 3.50. The monoisotopic (exact) mass is 377 g/mol. The number of carbonyl (C=O) groups is 2. The number of benzene rings is 1. The molecule has 0 unspecified atom stereocenters. The maximum atomic E-state index is 12.7. The minimum Gasteiger partial charge on any atom is -0.503 e. The van der Waals surface area contributed by atoms with Crippen LogP contribution < -0.4 is 14.4 Å². The Morgan fingerprint density at radius 3 is 2.33 bits per heavy atom. The smallest absolute Gasteiger partial charge is 0.290 e. The van der Waals surface area contributed by atoms with Gasteiger partial charge in [0.05, 0.1) is 52.0 Å². The third-order valence-corrected chi connectivity index (χ3v) is 5.11. The Morgan fingerprint density at radius 1 is 1.19 bits per heavy atom. The first-order valence-electron chi connectivity index (χ1n) is 9.19. The van der Waals surface area contributed by atoms with Crippen molar-refractivity contribution in [3.05, 3.63) is 35.1 Å². The molecule has 2 rings (SSSR count). The molecule has 148 valence electrons. The van der Waals surface area contributed by atoms with Gasteiger partial charge in [-0.3, -0.25) is 9.59 Å². The zero-order valence-electron chi connectivity index (χ0n) is 16.7. The van der Waals surface area contributed by atoms with Crippen LogP contribution in [0.3, 0.4) is 0 Å². The quantitative estimate of drug-likeness (QED) is 0.669. The maximum Gasteiger partial charge on any atom is 0.290 e. The van der Waals surface area contributed by atoms with Crippen molar-refractivity contribution in [1.82, 2.24) is 4.90 Å². The topological polar surface area (TPSA) is 80.5 Å². The fourth-order valence-electron chi connectivity index (χ4n) is 3.50. The summed E-state index contributed by atoms with van der Waals surface area (Å²) in [5.41, 5.74) is 0.826. The number of Topliss-reactive ketones (excluding diaryl/α,β-unsaturated/α-hetero) is 1. The average Bonchev–Trinajstić information content (AvgIpc) is 2.93. The van der Waals surface area contributed by atoms with Gasteiger partial charge in [-0.15, -0.1) is 0 Å². The molecule has 27 heavy (non-hydrogen) atoms. The Labute approximate surface area is 160 Å². The summed E-state index contributed by atoms with van der Waals surface area (Å²) in [6, 6.07) is 4.64. The van der Waals surface area contributed by atoms with Crippen molar-refractivity contribution in [2.24, 2.45) is 0 Å². The molecule has 7 nitrogen and oxygen atoms in total. The van der Waals surface area contributed by atoms with Crippen molar-refractivity contribution >= 4 is 11.7 Å². The van der Waals surface area contributed by atoms with Crippen LogP contribution in [0.1, 0.15) is 32.4 Å². The molecule has 1 amide bonds. The predicted octanol–water partition coefficient (Wildman–Crippen LogP) is 0.913. The predicted molar refractivity (Wildman–Crippen MR) is 101 cm³/mol. The SMILES string of the molecule is CC[NH+](CC)CCN1C(=O)C(O)=C(C(C)=O)[C@H]1c1ccc(OC)c(OC)c1. The number of nitrogens with zero attached hydrogens (tertiary/aromatic N) is 1. The summed E-state index contributed by atoms with van der Waals surface area (Å²) in [5, 5.41) is 10.3. The second-order valence-electron chi connectivity index (χ2n) is 6.54. The van der Waals surface area contributed by atoms with Crippen molar-refractivity contribution < 1.29 is 29.1 Å². The summed E-state index contributed by atoms with van der Waals surface area (Å²) in [7, 11) is 3.07. The molecule has 1 aromatic carbocycles. The van der Waals surface area contributed by atoms with Crippen molar-refractivity contribution in [2.75, 3.05) is 40.4 Å².